The van der Waals surface area contributed by atoms with Crippen LogP contribution in [0.3, 0.4) is 0 Å². The largest absolute Gasteiger partial charge is 0.0979 e. The molecule has 1 heteroatoms. The van der Waals surface area contributed by atoms with Crippen molar-refractivity contribution in [1.29, 1.82) is 0 Å². The minimum atomic E-state index is 1.16. The molecule has 0 unspecified atom stereocenters. The molecule has 0 aromatic heterocycles. The summed E-state index contributed by atoms with van der Waals surface area (Å²) in [6.45, 7) is 8.03. The van der Waals surface area contributed by atoms with E-state index in [2.05, 4.69) is 50.8 Å². The molecule has 0 amide bonds. The third-order valence-corrected chi connectivity index (χ3v) is 3.06. The maximum absolute atomic E-state index is 3.83. The van der Waals surface area contributed by atoms with Gasteiger partial charge in [-0.15, -0.1) is 0 Å². The SMILES string of the molecule is C=C/C(=C\C=C(C)C)SC1=CCCC=C1. The zero-order valence-electron chi connectivity index (χ0n) is 9.49. The molecule has 0 fully saturated rings. The predicted molar refractivity (Wildman–Crippen MR) is 71.8 cm³/mol. The average molecular weight is 218 g/mol. The van der Waals surface area contributed by atoms with E-state index in [9.17, 15) is 0 Å². The Morgan fingerprint density at radius 1 is 1.33 bits per heavy atom. The van der Waals surface area contributed by atoms with Crippen LogP contribution in [0.5, 0.6) is 0 Å². The molecule has 15 heavy (non-hydrogen) atoms. The zero-order valence-corrected chi connectivity index (χ0v) is 10.3. The Bertz CT molecular complexity index is 336. The lowest BCUT2D eigenvalue weighted by Crippen LogP contribution is -1.80. The summed E-state index contributed by atoms with van der Waals surface area (Å²) >= 11 is 1.78. The van der Waals surface area contributed by atoms with Gasteiger partial charge >= 0.3 is 0 Å². The highest BCUT2D eigenvalue weighted by Gasteiger charge is 1.99. The van der Waals surface area contributed by atoms with Crippen LogP contribution in [0.4, 0.5) is 0 Å². The molecule has 0 nitrogen and oxygen atoms in total. The van der Waals surface area contributed by atoms with Crippen LogP contribution in [0.25, 0.3) is 0 Å². The van der Waals surface area contributed by atoms with Gasteiger partial charge in [0, 0.05) is 9.81 Å². The van der Waals surface area contributed by atoms with Crippen LogP contribution >= 0.6 is 11.8 Å². The summed E-state index contributed by atoms with van der Waals surface area (Å²) in [7, 11) is 0. The van der Waals surface area contributed by atoms with Crippen molar-refractivity contribution in [2.75, 3.05) is 0 Å². The Kier molecular flexibility index (Phi) is 5.27. The maximum Gasteiger partial charge on any atom is 0.0116 e. The molecule has 0 saturated carbocycles. The van der Waals surface area contributed by atoms with Crippen LogP contribution in [-0.4, -0.2) is 0 Å². The highest BCUT2D eigenvalue weighted by molar-refractivity contribution is 8.07. The Morgan fingerprint density at radius 3 is 2.67 bits per heavy atom. The van der Waals surface area contributed by atoms with Crippen molar-refractivity contribution in [3.63, 3.8) is 0 Å². The molecule has 0 atom stereocenters. The van der Waals surface area contributed by atoms with Crippen LogP contribution < -0.4 is 0 Å². The Morgan fingerprint density at radius 2 is 2.13 bits per heavy atom. The Hall–Kier alpha value is -0.950. The fourth-order valence-corrected chi connectivity index (χ4v) is 2.05. The molecule has 0 aromatic rings. The molecule has 0 heterocycles. The summed E-state index contributed by atoms with van der Waals surface area (Å²) in [6, 6.07) is 0. The molecule has 1 rings (SSSR count). The molecular formula is C14H18S. The monoisotopic (exact) mass is 218 g/mol. The average Bonchev–Trinajstić information content (AvgIpc) is 2.25. The van der Waals surface area contributed by atoms with E-state index in [1.165, 1.54) is 21.8 Å². The van der Waals surface area contributed by atoms with Crippen LogP contribution in [-0.2, 0) is 0 Å². The van der Waals surface area contributed by atoms with Gasteiger partial charge in [-0.1, -0.05) is 54.3 Å². The van der Waals surface area contributed by atoms with Gasteiger partial charge in [-0.25, -0.2) is 0 Å². The lowest BCUT2D eigenvalue weighted by Gasteiger charge is -2.06. The van der Waals surface area contributed by atoms with Crippen molar-refractivity contribution in [3.8, 4) is 0 Å². The maximum atomic E-state index is 3.83. The van der Waals surface area contributed by atoms with Gasteiger partial charge in [-0.3, -0.25) is 0 Å². The summed E-state index contributed by atoms with van der Waals surface area (Å²) in [5, 5.41) is 0. The second-order valence-electron chi connectivity index (χ2n) is 3.71. The van der Waals surface area contributed by atoms with Gasteiger partial charge in [0.25, 0.3) is 0 Å². The molecule has 0 bridgehead atoms. The standard InChI is InChI=1S/C14H18S/c1-4-13(11-10-12(2)3)15-14-8-6-5-7-9-14/h4,6,8-11H,1,5,7H2,2-3H3/b13-11+. The number of hydrogen-bond acceptors (Lipinski definition) is 1. The van der Waals surface area contributed by atoms with Crippen molar-refractivity contribution in [2.45, 2.75) is 26.7 Å². The number of rotatable bonds is 4. The number of thioether (sulfide) groups is 1. The number of allylic oxidation sites excluding steroid dienone is 7. The van der Waals surface area contributed by atoms with E-state index in [0.717, 1.165) is 6.42 Å². The highest BCUT2D eigenvalue weighted by atomic mass is 32.2. The highest BCUT2D eigenvalue weighted by Crippen LogP contribution is 2.29. The summed E-state index contributed by atoms with van der Waals surface area (Å²) in [5.74, 6) is 0. The first-order valence-electron chi connectivity index (χ1n) is 5.24. The summed E-state index contributed by atoms with van der Waals surface area (Å²) < 4.78 is 0. The van der Waals surface area contributed by atoms with Gasteiger partial charge in [0.2, 0.25) is 0 Å². The van der Waals surface area contributed by atoms with Crippen LogP contribution in [0.2, 0.25) is 0 Å². The number of hydrogen-bond donors (Lipinski definition) is 0. The zero-order chi connectivity index (χ0) is 11.1. The van der Waals surface area contributed by atoms with E-state index in [4.69, 9.17) is 0 Å². The van der Waals surface area contributed by atoms with Gasteiger partial charge in [-0.2, -0.15) is 0 Å². The minimum Gasteiger partial charge on any atom is -0.0979 e. The molecule has 0 N–H and O–H groups in total. The van der Waals surface area contributed by atoms with E-state index in [1.54, 1.807) is 11.8 Å². The predicted octanol–water partition coefficient (Wildman–Crippen LogP) is 4.99. The summed E-state index contributed by atoms with van der Waals surface area (Å²) in [6.07, 6.45) is 15.2. The van der Waals surface area contributed by atoms with E-state index in [0.29, 0.717) is 0 Å². The van der Waals surface area contributed by atoms with E-state index in [-0.39, 0.29) is 0 Å². The molecular weight excluding hydrogens is 200 g/mol. The summed E-state index contributed by atoms with van der Waals surface area (Å²) in [4.78, 5) is 2.53. The van der Waals surface area contributed by atoms with Gasteiger partial charge in [0.15, 0.2) is 0 Å². The molecule has 1 aliphatic rings. The smallest absolute Gasteiger partial charge is 0.0116 e. The lowest BCUT2D eigenvalue weighted by atomic mass is 10.2. The fourth-order valence-electron chi connectivity index (χ4n) is 1.19. The normalized spacial score (nSPS) is 15.9. The summed E-state index contributed by atoms with van der Waals surface area (Å²) in [5.41, 5.74) is 1.31. The first kappa shape index (κ1) is 12.1. The minimum absolute atomic E-state index is 1.16. The second-order valence-corrected chi connectivity index (χ2v) is 4.85. The first-order chi connectivity index (χ1) is 7.22. The van der Waals surface area contributed by atoms with E-state index in [1.807, 2.05) is 6.08 Å². The van der Waals surface area contributed by atoms with Gasteiger partial charge < -0.3 is 0 Å². The van der Waals surface area contributed by atoms with Crippen molar-refractivity contribution < 1.29 is 0 Å². The third kappa shape index (κ3) is 4.89. The van der Waals surface area contributed by atoms with E-state index < -0.39 is 0 Å². The topological polar surface area (TPSA) is 0 Å². The fraction of sp³-hybridized carbons (Fsp3) is 0.286. The second kappa shape index (κ2) is 6.52. The molecule has 0 aliphatic heterocycles. The van der Waals surface area contributed by atoms with Crippen molar-refractivity contribution in [2.24, 2.45) is 0 Å². The van der Waals surface area contributed by atoms with Crippen LogP contribution in [0.1, 0.15) is 26.7 Å². The molecule has 0 aromatic carbocycles. The van der Waals surface area contributed by atoms with Gasteiger partial charge in [0.05, 0.1) is 0 Å². The van der Waals surface area contributed by atoms with Crippen LogP contribution in [0, 0.1) is 0 Å². The molecule has 0 saturated heterocycles. The molecule has 0 radical (unpaired) electrons. The molecule has 0 spiro atoms. The van der Waals surface area contributed by atoms with E-state index >= 15 is 0 Å². The van der Waals surface area contributed by atoms with Gasteiger partial charge in [-0.05, 0) is 32.8 Å². The first-order valence-corrected chi connectivity index (χ1v) is 6.06. The molecule has 80 valence electrons. The Labute approximate surface area is 97.2 Å². The van der Waals surface area contributed by atoms with Crippen molar-refractivity contribution >= 4 is 11.8 Å². The van der Waals surface area contributed by atoms with Crippen molar-refractivity contribution in [1.82, 2.24) is 0 Å². The van der Waals surface area contributed by atoms with Crippen molar-refractivity contribution in [3.05, 3.63) is 58.4 Å². The Balaban J connectivity index is 2.65. The molecule has 1 aliphatic carbocycles. The quantitative estimate of drug-likeness (QED) is 0.599. The van der Waals surface area contributed by atoms with Gasteiger partial charge in [0.1, 0.15) is 0 Å². The van der Waals surface area contributed by atoms with Crippen LogP contribution in [0.15, 0.2) is 58.4 Å². The third-order valence-electron chi connectivity index (χ3n) is 1.98. The lowest BCUT2D eigenvalue weighted by molar-refractivity contribution is 1.03.